The molecule has 0 aromatic heterocycles. The van der Waals surface area contributed by atoms with Crippen LogP contribution in [0.15, 0.2) is 5.10 Å². The zero-order valence-electron chi connectivity index (χ0n) is 6.35. The highest BCUT2D eigenvalue weighted by Gasteiger charge is 1.94. The number of hydrazone groups is 1. The van der Waals surface area contributed by atoms with Gasteiger partial charge in [-0.25, -0.2) is 0 Å². The van der Waals surface area contributed by atoms with E-state index in [-0.39, 0.29) is 5.78 Å². The zero-order chi connectivity index (χ0) is 7.98. The number of rotatable bonds is 4. The molecule has 0 aliphatic heterocycles. The van der Waals surface area contributed by atoms with E-state index < -0.39 is 0 Å². The summed E-state index contributed by atoms with van der Waals surface area (Å²) in [7, 11) is 5.10. The van der Waals surface area contributed by atoms with Crippen molar-refractivity contribution in [3.8, 4) is 0 Å². The fourth-order valence-electron chi connectivity index (χ4n) is 0.580. The Morgan fingerprint density at radius 1 is 1.60 bits per heavy atom. The summed E-state index contributed by atoms with van der Waals surface area (Å²) in [6.07, 6.45) is 0.697. The van der Waals surface area contributed by atoms with Crippen LogP contribution in [0.3, 0.4) is 0 Å². The van der Waals surface area contributed by atoms with Gasteiger partial charge in [-0.2, -0.15) is 5.10 Å². The van der Waals surface area contributed by atoms with Crippen molar-refractivity contribution in [2.24, 2.45) is 5.10 Å². The number of nitrogens with one attached hydrogen (secondary N) is 1. The Kier molecular flexibility index (Phi) is 4.63. The molecule has 0 aromatic carbocycles. The number of hydrogen-bond acceptors (Lipinski definition) is 3. The average molecular weight is 138 g/mol. The summed E-state index contributed by atoms with van der Waals surface area (Å²) in [6, 6.07) is 0. The van der Waals surface area contributed by atoms with E-state index in [0.29, 0.717) is 12.9 Å². The third kappa shape index (κ3) is 5.34. The third-order valence-corrected chi connectivity index (χ3v) is 0.866. The van der Waals surface area contributed by atoms with E-state index in [1.54, 1.807) is 6.92 Å². The van der Waals surface area contributed by atoms with Gasteiger partial charge in [0.1, 0.15) is 5.78 Å². The van der Waals surface area contributed by atoms with Crippen LogP contribution in [0.1, 0.15) is 20.3 Å². The van der Waals surface area contributed by atoms with E-state index in [1.807, 2.05) is 0 Å². The van der Waals surface area contributed by atoms with Gasteiger partial charge >= 0.3 is 0 Å². The first-order valence-electron chi connectivity index (χ1n) is 3.12. The fourth-order valence-corrected chi connectivity index (χ4v) is 0.580. The molecule has 2 radical (unpaired) electrons. The molecule has 3 nitrogen and oxygen atoms in total. The SMILES string of the molecule is [B]CN/N=C(\C)CC(C)=O. The van der Waals surface area contributed by atoms with E-state index >= 15 is 0 Å². The highest BCUT2D eigenvalue weighted by atomic mass is 16.1. The molecule has 0 aliphatic rings. The number of nitrogens with zero attached hydrogens (tertiary/aromatic N) is 1. The molecule has 0 aromatic rings. The number of hydrogen-bond donors (Lipinski definition) is 1. The molecule has 0 atom stereocenters. The molecular formula is C6H11BN2O. The van der Waals surface area contributed by atoms with Crippen molar-refractivity contribution in [3.05, 3.63) is 0 Å². The van der Waals surface area contributed by atoms with Crippen LogP contribution in [-0.4, -0.2) is 25.8 Å². The molecule has 0 amide bonds. The summed E-state index contributed by atoms with van der Waals surface area (Å²) < 4.78 is 0. The van der Waals surface area contributed by atoms with Gasteiger partial charge in [-0.1, -0.05) is 0 Å². The first kappa shape index (κ1) is 9.20. The molecule has 0 spiro atoms. The molecule has 0 rings (SSSR count). The molecule has 10 heavy (non-hydrogen) atoms. The van der Waals surface area contributed by atoms with E-state index in [4.69, 9.17) is 7.85 Å². The molecule has 0 bridgehead atoms. The summed E-state index contributed by atoms with van der Waals surface area (Å²) in [5.41, 5.74) is 3.33. The first-order chi connectivity index (χ1) is 4.66. The lowest BCUT2D eigenvalue weighted by Gasteiger charge is -1.96. The summed E-state index contributed by atoms with van der Waals surface area (Å²) in [6.45, 7) is 3.31. The normalized spacial score (nSPS) is 11.2. The molecular weight excluding hydrogens is 127 g/mol. The summed E-state index contributed by atoms with van der Waals surface area (Å²) in [5, 5.41) is 3.80. The Morgan fingerprint density at radius 2 is 2.20 bits per heavy atom. The molecule has 0 saturated heterocycles. The van der Waals surface area contributed by atoms with Gasteiger partial charge in [0.2, 0.25) is 0 Å². The van der Waals surface area contributed by atoms with Gasteiger partial charge in [-0.05, 0) is 20.3 Å². The number of ketones is 1. The van der Waals surface area contributed by atoms with Gasteiger partial charge in [-0.15, -0.1) is 0 Å². The van der Waals surface area contributed by atoms with Crippen LogP contribution in [-0.2, 0) is 4.79 Å². The topological polar surface area (TPSA) is 41.5 Å². The maximum atomic E-state index is 10.5. The molecule has 0 unspecified atom stereocenters. The van der Waals surface area contributed by atoms with Crippen molar-refractivity contribution in [2.45, 2.75) is 20.3 Å². The van der Waals surface area contributed by atoms with Gasteiger partial charge < -0.3 is 5.43 Å². The van der Waals surface area contributed by atoms with Crippen LogP contribution < -0.4 is 5.43 Å². The highest BCUT2D eigenvalue weighted by molar-refractivity contribution is 6.08. The maximum Gasteiger partial charge on any atom is 0.135 e. The van der Waals surface area contributed by atoms with Gasteiger partial charge in [0.15, 0.2) is 0 Å². The standard InChI is InChI=1S/C6H11BN2O/c1-5(3-6(2)10)9-8-4-7/h8H,3-4H2,1-2H3/b9-5+. The van der Waals surface area contributed by atoms with Gasteiger partial charge in [-0.3, -0.25) is 4.79 Å². The average Bonchev–Trinajstić information content (AvgIpc) is 1.82. The van der Waals surface area contributed by atoms with Crippen LogP contribution in [0.25, 0.3) is 0 Å². The molecule has 1 N–H and O–H groups in total. The number of Topliss-reactive ketones (excluding diaryl/α,β-unsaturated/α-hetero) is 1. The second-order valence-electron chi connectivity index (χ2n) is 2.09. The van der Waals surface area contributed by atoms with Gasteiger partial charge in [0.05, 0.1) is 7.85 Å². The Labute approximate surface area is 62.3 Å². The monoisotopic (exact) mass is 138 g/mol. The molecule has 4 heteroatoms. The van der Waals surface area contributed by atoms with Crippen molar-refractivity contribution in [2.75, 3.05) is 6.44 Å². The predicted octanol–water partition coefficient (Wildman–Crippen LogP) is 0.0570. The fraction of sp³-hybridized carbons (Fsp3) is 0.667. The van der Waals surface area contributed by atoms with Crippen LogP contribution in [0, 0.1) is 0 Å². The predicted molar refractivity (Wildman–Crippen MR) is 42.2 cm³/mol. The lowest BCUT2D eigenvalue weighted by atomic mass is 10.2. The molecule has 0 fully saturated rings. The lowest BCUT2D eigenvalue weighted by molar-refractivity contribution is -0.115. The van der Waals surface area contributed by atoms with Crippen molar-refractivity contribution < 1.29 is 4.79 Å². The van der Waals surface area contributed by atoms with Gasteiger partial charge in [0.25, 0.3) is 0 Å². The van der Waals surface area contributed by atoms with Crippen molar-refractivity contribution >= 4 is 19.3 Å². The van der Waals surface area contributed by atoms with Crippen LogP contribution in [0.5, 0.6) is 0 Å². The van der Waals surface area contributed by atoms with Crippen molar-refractivity contribution in [3.63, 3.8) is 0 Å². The van der Waals surface area contributed by atoms with Crippen molar-refractivity contribution in [1.29, 1.82) is 0 Å². The Balaban J connectivity index is 3.59. The molecule has 0 heterocycles. The Hall–Kier alpha value is -0.795. The minimum atomic E-state index is 0.111. The van der Waals surface area contributed by atoms with Gasteiger partial charge in [0, 0.05) is 12.1 Å². The molecule has 0 saturated carbocycles. The maximum absolute atomic E-state index is 10.5. The lowest BCUT2D eigenvalue weighted by Crippen LogP contribution is -2.11. The molecule has 54 valence electrons. The van der Waals surface area contributed by atoms with Crippen LogP contribution >= 0.6 is 0 Å². The van der Waals surface area contributed by atoms with Crippen LogP contribution in [0.2, 0.25) is 0 Å². The Bertz CT molecular complexity index is 145. The van der Waals surface area contributed by atoms with E-state index in [1.165, 1.54) is 6.92 Å². The number of carbonyl (C=O) groups is 1. The third-order valence-electron chi connectivity index (χ3n) is 0.866. The Morgan fingerprint density at radius 3 is 2.60 bits per heavy atom. The van der Waals surface area contributed by atoms with Crippen molar-refractivity contribution in [1.82, 2.24) is 5.43 Å². The minimum absolute atomic E-state index is 0.111. The second kappa shape index (κ2) is 5.03. The highest BCUT2D eigenvalue weighted by Crippen LogP contribution is 1.85. The largest absolute Gasteiger partial charge is 0.319 e. The first-order valence-corrected chi connectivity index (χ1v) is 3.12. The quantitative estimate of drug-likeness (QED) is 0.339. The smallest absolute Gasteiger partial charge is 0.135 e. The summed E-state index contributed by atoms with van der Waals surface area (Å²) in [4.78, 5) is 10.5. The minimum Gasteiger partial charge on any atom is -0.319 e. The van der Waals surface area contributed by atoms with Crippen LogP contribution in [0.4, 0.5) is 0 Å². The summed E-state index contributed by atoms with van der Waals surface area (Å²) in [5.74, 6) is 0.111. The second-order valence-corrected chi connectivity index (χ2v) is 2.09. The van der Waals surface area contributed by atoms with E-state index in [0.717, 1.165) is 5.71 Å². The van der Waals surface area contributed by atoms with E-state index in [9.17, 15) is 4.79 Å². The summed E-state index contributed by atoms with van der Waals surface area (Å²) >= 11 is 0. The zero-order valence-corrected chi connectivity index (χ0v) is 6.35. The van der Waals surface area contributed by atoms with E-state index in [2.05, 4.69) is 10.5 Å². The number of carbonyl (C=O) groups excluding carboxylic acids is 1. The molecule has 0 aliphatic carbocycles.